The highest BCUT2D eigenvalue weighted by molar-refractivity contribution is 5.30. The van der Waals surface area contributed by atoms with E-state index < -0.39 is 17.4 Å². The molecule has 4 nitrogen and oxygen atoms in total. The Bertz CT molecular complexity index is 448. The number of aromatic nitrogens is 1. The van der Waals surface area contributed by atoms with E-state index in [9.17, 15) is 13.6 Å². The van der Waals surface area contributed by atoms with Gasteiger partial charge in [0.15, 0.2) is 5.43 Å². The number of hydrogen-bond acceptors (Lipinski definition) is 3. The molecule has 1 rings (SSSR count). The third-order valence-corrected chi connectivity index (χ3v) is 1.78. The highest BCUT2D eigenvalue weighted by Gasteiger charge is 2.19. The van der Waals surface area contributed by atoms with Crippen molar-refractivity contribution >= 4 is 0 Å². The summed E-state index contributed by atoms with van der Waals surface area (Å²) in [6.45, 7) is 0. The number of methoxy groups -OCH3 is 1. The summed E-state index contributed by atoms with van der Waals surface area (Å²) < 4.78 is 29.5. The van der Waals surface area contributed by atoms with Gasteiger partial charge in [0.1, 0.15) is 5.56 Å². The summed E-state index contributed by atoms with van der Waals surface area (Å²) in [6, 6.07) is 2.78. The number of nitriles is 1. The molecule has 0 atom stereocenters. The van der Waals surface area contributed by atoms with Crippen molar-refractivity contribution < 1.29 is 13.5 Å². The zero-order valence-corrected chi connectivity index (χ0v) is 7.88. The zero-order valence-electron chi connectivity index (χ0n) is 7.88. The molecule has 0 aliphatic heterocycles. The Balaban J connectivity index is 3.32. The summed E-state index contributed by atoms with van der Waals surface area (Å²) in [7, 11) is 1.17. The van der Waals surface area contributed by atoms with Gasteiger partial charge in [-0.25, -0.2) is 8.78 Å². The van der Waals surface area contributed by atoms with Gasteiger partial charge in [-0.15, -0.1) is 0 Å². The molecule has 6 heteroatoms. The molecule has 1 heterocycles. The third-order valence-electron chi connectivity index (χ3n) is 1.78. The maximum absolute atomic E-state index is 12.4. The largest absolute Gasteiger partial charge is 0.482 e. The Morgan fingerprint density at radius 3 is 2.80 bits per heavy atom. The normalized spacial score (nSPS) is 10.1. The smallest absolute Gasteiger partial charge is 0.272 e. The standard InChI is InChI=1S/C9H8F2N2O2/c1-15-9-7(8(10)11)6(14)4-5(13-9)2-3-12/h4,8H,2H2,1H3,(H,13,14). The maximum Gasteiger partial charge on any atom is 0.272 e. The van der Waals surface area contributed by atoms with E-state index >= 15 is 0 Å². The van der Waals surface area contributed by atoms with Crippen LogP contribution in [0.3, 0.4) is 0 Å². The lowest BCUT2D eigenvalue weighted by molar-refractivity contribution is 0.144. The van der Waals surface area contributed by atoms with E-state index in [2.05, 4.69) is 9.72 Å². The summed E-state index contributed by atoms with van der Waals surface area (Å²) >= 11 is 0. The van der Waals surface area contributed by atoms with E-state index in [0.29, 0.717) is 0 Å². The van der Waals surface area contributed by atoms with E-state index in [4.69, 9.17) is 5.26 Å². The van der Waals surface area contributed by atoms with Crippen molar-refractivity contribution in [3.63, 3.8) is 0 Å². The van der Waals surface area contributed by atoms with E-state index in [1.54, 1.807) is 6.07 Å². The zero-order chi connectivity index (χ0) is 11.4. The summed E-state index contributed by atoms with van der Waals surface area (Å²) in [5.74, 6) is -0.289. The molecule has 0 saturated carbocycles. The number of alkyl halides is 2. The molecule has 0 aliphatic rings. The summed E-state index contributed by atoms with van der Waals surface area (Å²) in [5.41, 5.74) is -1.28. The molecule has 0 saturated heterocycles. The van der Waals surface area contributed by atoms with Crippen LogP contribution in [0.4, 0.5) is 8.78 Å². The van der Waals surface area contributed by atoms with Crippen LogP contribution in [-0.4, -0.2) is 12.1 Å². The second kappa shape index (κ2) is 4.55. The molecule has 0 amide bonds. The molecule has 15 heavy (non-hydrogen) atoms. The first-order valence-electron chi connectivity index (χ1n) is 4.05. The van der Waals surface area contributed by atoms with Crippen LogP contribution >= 0.6 is 0 Å². The predicted molar refractivity (Wildman–Crippen MR) is 47.9 cm³/mol. The fourth-order valence-corrected chi connectivity index (χ4v) is 1.15. The molecular weight excluding hydrogens is 206 g/mol. The summed E-state index contributed by atoms with van der Waals surface area (Å²) in [5, 5.41) is 8.39. The van der Waals surface area contributed by atoms with Crippen LogP contribution in [0.1, 0.15) is 17.7 Å². The quantitative estimate of drug-likeness (QED) is 0.826. The van der Waals surface area contributed by atoms with Crippen LogP contribution in [0, 0.1) is 11.3 Å². The number of pyridine rings is 1. The monoisotopic (exact) mass is 214 g/mol. The predicted octanol–water partition coefficient (Wildman–Crippen LogP) is 1.39. The Kier molecular flexibility index (Phi) is 3.39. The summed E-state index contributed by atoms with van der Waals surface area (Å²) in [6.07, 6.45) is -2.96. The SMILES string of the molecule is COc1[nH]c(CC#N)cc(=O)c1C(F)F. The number of aromatic amines is 1. The van der Waals surface area contributed by atoms with Crippen molar-refractivity contribution in [3.05, 3.63) is 27.5 Å². The molecule has 0 unspecified atom stereocenters. The molecule has 1 N–H and O–H groups in total. The topological polar surface area (TPSA) is 65.9 Å². The lowest BCUT2D eigenvalue weighted by Crippen LogP contribution is -2.13. The lowest BCUT2D eigenvalue weighted by Gasteiger charge is -2.07. The lowest BCUT2D eigenvalue weighted by atomic mass is 10.2. The minimum atomic E-state index is -2.90. The number of nitrogens with zero attached hydrogens (tertiary/aromatic N) is 1. The number of rotatable bonds is 3. The number of ether oxygens (including phenoxy) is 1. The van der Waals surface area contributed by atoms with Crippen molar-refractivity contribution in [1.29, 1.82) is 5.26 Å². The second-order valence-electron chi connectivity index (χ2n) is 2.74. The van der Waals surface area contributed by atoms with Gasteiger partial charge in [0, 0.05) is 11.8 Å². The molecular formula is C9H8F2N2O2. The van der Waals surface area contributed by atoms with Gasteiger partial charge in [0.25, 0.3) is 6.43 Å². The molecule has 1 aromatic rings. The number of hydrogen-bond donors (Lipinski definition) is 1. The van der Waals surface area contributed by atoms with E-state index in [-0.39, 0.29) is 18.0 Å². The molecule has 0 aliphatic carbocycles. The first-order valence-corrected chi connectivity index (χ1v) is 4.05. The van der Waals surface area contributed by atoms with Crippen molar-refractivity contribution in [3.8, 4) is 11.9 Å². The molecule has 0 aromatic carbocycles. The number of halogens is 2. The average Bonchev–Trinajstić information content (AvgIpc) is 2.16. The van der Waals surface area contributed by atoms with Crippen LogP contribution in [0.15, 0.2) is 10.9 Å². The third kappa shape index (κ3) is 2.31. The van der Waals surface area contributed by atoms with Gasteiger partial charge in [-0.2, -0.15) is 5.26 Å². The van der Waals surface area contributed by atoms with Crippen LogP contribution < -0.4 is 10.2 Å². The van der Waals surface area contributed by atoms with Crippen LogP contribution in [0.25, 0.3) is 0 Å². The van der Waals surface area contributed by atoms with E-state index in [1.807, 2.05) is 0 Å². The van der Waals surface area contributed by atoms with Crippen molar-refractivity contribution in [2.45, 2.75) is 12.8 Å². The molecule has 1 aromatic heterocycles. The first-order chi connectivity index (χ1) is 7.10. The Morgan fingerprint density at radius 1 is 1.67 bits per heavy atom. The van der Waals surface area contributed by atoms with Gasteiger partial charge in [-0.3, -0.25) is 4.79 Å². The van der Waals surface area contributed by atoms with Gasteiger partial charge < -0.3 is 9.72 Å². The van der Waals surface area contributed by atoms with Crippen LogP contribution in [-0.2, 0) is 6.42 Å². The van der Waals surface area contributed by atoms with Gasteiger partial charge in [-0.1, -0.05) is 0 Å². The van der Waals surface area contributed by atoms with E-state index in [1.165, 1.54) is 7.11 Å². The van der Waals surface area contributed by atoms with Crippen molar-refractivity contribution in [2.24, 2.45) is 0 Å². The fraction of sp³-hybridized carbons (Fsp3) is 0.333. The van der Waals surface area contributed by atoms with Gasteiger partial charge >= 0.3 is 0 Å². The minimum absolute atomic E-state index is 0.0604. The van der Waals surface area contributed by atoms with Crippen molar-refractivity contribution in [1.82, 2.24) is 4.98 Å². The van der Waals surface area contributed by atoms with Crippen LogP contribution in [0.2, 0.25) is 0 Å². The van der Waals surface area contributed by atoms with Crippen LogP contribution in [0.5, 0.6) is 5.88 Å². The molecule has 0 radical (unpaired) electrons. The first kappa shape index (κ1) is 11.2. The van der Waals surface area contributed by atoms with Gasteiger partial charge in [0.05, 0.1) is 19.6 Å². The minimum Gasteiger partial charge on any atom is -0.482 e. The van der Waals surface area contributed by atoms with Gasteiger partial charge in [0.2, 0.25) is 5.88 Å². The highest BCUT2D eigenvalue weighted by Crippen LogP contribution is 2.23. The second-order valence-corrected chi connectivity index (χ2v) is 2.74. The number of H-pyrrole nitrogens is 1. The van der Waals surface area contributed by atoms with Gasteiger partial charge in [-0.05, 0) is 0 Å². The Morgan fingerprint density at radius 2 is 2.33 bits per heavy atom. The number of nitrogens with one attached hydrogen (secondary N) is 1. The molecule has 0 fully saturated rings. The fourth-order valence-electron chi connectivity index (χ4n) is 1.15. The molecule has 80 valence electrons. The highest BCUT2D eigenvalue weighted by atomic mass is 19.3. The average molecular weight is 214 g/mol. The van der Waals surface area contributed by atoms with E-state index in [0.717, 1.165) is 6.07 Å². The van der Waals surface area contributed by atoms with Crippen molar-refractivity contribution in [2.75, 3.05) is 7.11 Å². The molecule has 0 bridgehead atoms. The summed E-state index contributed by atoms with van der Waals surface area (Å²) in [4.78, 5) is 13.7. The Labute approximate surface area is 84.1 Å². The maximum atomic E-state index is 12.4. The Hall–Kier alpha value is -1.90. The molecule has 0 spiro atoms.